The molecule has 0 aromatic heterocycles. The van der Waals surface area contributed by atoms with Crippen molar-refractivity contribution in [2.75, 3.05) is 13.7 Å². The van der Waals surface area contributed by atoms with E-state index in [-0.39, 0.29) is 24.8 Å². The number of amides is 1. The first-order valence-corrected chi connectivity index (χ1v) is 7.11. The molecule has 1 rings (SSSR count). The summed E-state index contributed by atoms with van der Waals surface area (Å²) in [5, 5.41) is 9.70. The molecule has 0 spiro atoms. The van der Waals surface area contributed by atoms with Crippen LogP contribution in [-0.2, 0) is 14.3 Å². The lowest BCUT2D eigenvalue weighted by molar-refractivity contribution is -0.152. The monoisotopic (exact) mass is 271 g/mol. The van der Waals surface area contributed by atoms with Gasteiger partial charge in [0.25, 0.3) is 0 Å². The zero-order valence-electron chi connectivity index (χ0n) is 12.1. The lowest BCUT2D eigenvalue weighted by Gasteiger charge is -2.27. The highest BCUT2D eigenvalue weighted by atomic mass is 16.5. The number of carbonyl (C=O) groups is 2. The highest BCUT2D eigenvalue weighted by molar-refractivity contribution is 5.86. The van der Waals surface area contributed by atoms with Crippen LogP contribution in [-0.4, -0.2) is 47.7 Å². The lowest BCUT2D eigenvalue weighted by atomic mass is 9.96. The number of nitrogens with zero attached hydrogens (tertiary/aromatic N) is 1. The maximum absolute atomic E-state index is 12.5. The average molecular weight is 271 g/mol. The van der Waals surface area contributed by atoms with Crippen LogP contribution in [0.25, 0.3) is 0 Å². The number of hydrogen-bond acceptors (Lipinski definition) is 4. The number of carbonyl (C=O) groups excluding carboxylic acids is 2. The first-order chi connectivity index (χ1) is 9.04. The van der Waals surface area contributed by atoms with Crippen LogP contribution < -0.4 is 0 Å². The van der Waals surface area contributed by atoms with Gasteiger partial charge in [-0.3, -0.25) is 4.79 Å². The van der Waals surface area contributed by atoms with E-state index in [0.717, 1.165) is 25.7 Å². The Kier molecular flexibility index (Phi) is 6.28. The highest BCUT2D eigenvalue weighted by Gasteiger charge is 2.41. The van der Waals surface area contributed by atoms with E-state index in [0.29, 0.717) is 0 Å². The number of hydrogen-bond donors (Lipinski definition) is 1. The number of rotatable bonds is 6. The molecule has 2 unspecified atom stereocenters. The zero-order chi connectivity index (χ0) is 14.4. The van der Waals surface area contributed by atoms with E-state index >= 15 is 0 Å². The number of aliphatic hydroxyl groups excluding tert-OH is 1. The van der Waals surface area contributed by atoms with Crippen molar-refractivity contribution in [2.45, 2.75) is 58.1 Å². The summed E-state index contributed by atoms with van der Waals surface area (Å²) in [4.78, 5) is 25.7. The molecule has 110 valence electrons. The molecule has 1 heterocycles. The fourth-order valence-corrected chi connectivity index (χ4v) is 2.74. The highest BCUT2D eigenvalue weighted by Crippen LogP contribution is 2.25. The SMILES string of the molecule is CCCC(CCC)C(=O)N1CC(O)CC1C(=O)OC. The molecule has 1 amide bonds. The van der Waals surface area contributed by atoms with Gasteiger partial charge < -0.3 is 14.7 Å². The number of likely N-dealkylation sites (tertiary alicyclic amines) is 1. The van der Waals surface area contributed by atoms with Crippen molar-refractivity contribution < 1.29 is 19.4 Å². The van der Waals surface area contributed by atoms with Gasteiger partial charge in [-0.25, -0.2) is 4.79 Å². The Labute approximate surface area is 114 Å². The van der Waals surface area contributed by atoms with Crippen molar-refractivity contribution >= 4 is 11.9 Å². The summed E-state index contributed by atoms with van der Waals surface area (Å²) in [7, 11) is 1.31. The second-order valence-electron chi connectivity index (χ2n) is 5.19. The Bertz CT molecular complexity index is 313. The molecule has 1 aliphatic rings. The number of esters is 1. The van der Waals surface area contributed by atoms with Crippen LogP contribution in [0.5, 0.6) is 0 Å². The van der Waals surface area contributed by atoms with Crippen LogP contribution in [0.1, 0.15) is 46.0 Å². The molecular weight excluding hydrogens is 246 g/mol. The zero-order valence-corrected chi connectivity index (χ0v) is 12.1. The minimum atomic E-state index is -0.628. The number of β-amino-alcohol motifs (C(OH)–C–C–N with tert-alkyl or cyclic N) is 1. The topological polar surface area (TPSA) is 66.8 Å². The minimum Gasteiger partial charge on any atom is -0.467 e. The van der Waals surface area contributed by atoms with Gasteiger partial charge >= 0.3 is 5.97 Å². The summed E-state index contributed by atoms with van der Waals surface area (Å²) in [6, 6.07) is -0.622. The summed E-state index contributed by atoms with van der Waals surface area (Å²) in [6.45, 7) is 4.33. The van der Waals surface area contributed by atoms with Crippen LogP contribution in [0.3, 0.4) is 0 Å². The van der Waals surface area contributed by atoms with E-state index in [1.54, 1.807) is 0 Å². The second kappa shape index (κ2) is 7.48. The van der Waals surface area contributed by atoms with E-state index in [4.69, 9.17) is 4.74 Å². The van der Waals surface area contributed by atoms with Crippen LogP contribution in [0.4, 0.5) is 0 Å². The summed E-state index contributed by atoms with van der Waals surface area (Å²) < 4.78 is 4.72. The molecule has 1 saturated heterocycles. The van der Waals surface area contributed by atoms with Gasteiger partial charge in [0.15, 0.2) is 0 Å². The Hall–Kier alpha value is -1.10. The summed E-state index contributed by atoms with van der Waals surface area (Å²) >= 11 is 0. The Morgan fingerprint density at radius 3 is 2.37 bits per heavy atom. The van der Waals surface area contributed by atoms with Gasteiger partial charge in [-0.2, -0.15) is 0 Å². The third kappa shape index (κ3) is 3.93. The van der Waals surface area contributed by atoms with E-state index < -0.39 is 18.1 Å². The summed E-state index contributed by atoms with van der Waals surface area (Å²) in [5.74, 6) is -0.500. The predicted octanol–water partition coefficient (Wildman–Crippen LogP) is 1.34. The van der Waals surface area contributed by atoms with Gasteiger partial charge in [-0.05, 0) is 12.8 Å². The molecule has 1 fully saturated rings. The maximum atomic E-state index is 12.5. The molecule has 0 aromatic carbocycles. The molecule has 0 radical (unpaired) electrons. The first kappa shape index (κ1) is 16.0. The van der Waals surface area contributed by atoms with Crippen molar-refractivity contribution in [1.29, 1.82) is 0 Å². The second-order valence-corrected chi connectivity index (χ2v) is 5.19. The van der Waals surface area contributed by atoms with Crippen LogP contribution in [0.2, 0.25) is 0 Å². The largest absolute Gasteiger partial charge is 0.467 e. The van der Waals surface area contributed by atoms with Crippen LogP contribution >= 0.6 is 0 Å². The number of aliphatic hydroxyl groups is 1. The third-order valence-electron chi connectivity index (χ3n) is 3.66. The maximum Gasteiger partial charge on any atom is 0.328 e. The van der Waals surface area contributed by atoms with Crippen molar-refractivity contribution in [2.24, 2.45) is 5.92 Å². The molecule has 2 atom stereocenters. The smallest absolute Gasteiger partial charge is 0.328 e. The molecule has 1 N–H and O–H groups in total. The van der Waals surface area contributed by atoms with Gasteiger partial charge in [0.1, 0.15) is 6.04 Å². The molecule has 0 saturated carbocycles. The van der Waals surface area contributed by atoms with E-state index in [1.165, 1.54) is 12.0 Å². The van der Waals surface area contributed by atoms with E-state index in [9.17, 15) is 14.7 Å². The summed E-state index contributed by atoms with van der Waals surface area (Å²) in [5.41, 5.74) is 0. The molecular formula is C14H25NO4. The van der Waals surface area contributed by atoms with Crippen LogP contribution in [0.15, 0.2) is 0 Å². The lowest BCUT2D eigenvalue weighted by Crippen LogP contribution is -2.44. The van der Waals surface area contributed by atoms with Gasteiger partial charge in [0.05, 0.1) is 13.2 Å². The number of methoxy groups -OCH3 is 1. The fraction of sp³-hybridized carbons (Fsp3) is 0.857. The van der Waals surface area contributed by atoms with E-state index in [1.807, 2.05) is 13.8 Å². The van der Waals surface area contributed by atoms with Crippen LogP contribution in [0, 0.1) is 5.92 Å². The molecule has 0 aromatic rings. The predicted molar refractivity (Wildman–Crippen MR) is 71.4 cm³/mol. The normalized spacial score (nSPS) is 22.9. The molecule has 5 nitrogen and oxygen atoms in total. The van der Waals surface area contributed by atoms with Crippen molar-refractivity contribution in [1.82, 2.24) is 4.90 Å². The average Bonchev–Trinajstić information content (AvgIpc) is 2.79. The molecule has 19 heavy (non-hydrogen) atoms. The Morgan fingerprint density at radius 2 is 1.89 bits per heavy atom. The first-order valence-electron chi connectivity index (χ1n) is 7.11. The molecule has 0 aliphatic carbocycles. The third-order valence-corrected chi connectivity index (χ3v) is 3.66. The quantitative estimate of drug-likeness (QED) is 0.740. The standard InChI is InChI=1S/C14H25NO4/c1-4-6-10(7-5-2)13(17)15-9-11(16)8-12(15)14(18)19-3/h10-12,16H,4-9H2,1-3H3. The van der Waals surface area contributed by atoms with E-state index in [2.05, 4.69) is 0 Å². The van der Waals surface area contributed by atoms with Crippen molar-refractivity contribution in [3.05, 3.63) is 0 Å². The number of ether oxygens (including phenoxy) is 1. The van der Waals surface area contributed by atoms with Gasteiger partial charge in [0, 0.05) is 18.9 Å². The van der Waals surface area contributed by atoms with Gasteiger partial charge in [0.2, 0.25) is 5.91 Å². The molecule has 1 aliphatic heterocycles. The van der Waals surface area contributed by atoms with Crippen molar-refractivity contribution in [3.8, 4) is 0 Å². The Balaban J connectivity index is 2.79. The molecule has 5 heteroatoms. The molecule has 0 bridgehead atoms. The van der Waals surface area contributed by atoms with Crippen molar-refractivity contribution in [3.63, 3.8) is 0 Å². The summed E-state index contributed by atoms with van der Waals surface area (Å²) in [6.07, 6.45) is 3.19. The Morgan fingerprint density at radius 1 is 1.32 bits per heavy atom. The van der Waals surface area contributed by atoms with Gasteiger partial charge in [-0.15, -0.1) is 0 Å². The minimum absolute atomic E-state index is 0.0179. The van der Waals surface area contributed by atoms with Gasteiger partial charge in [-0.1, -0.05) is 26.7 Å². The fourth-order valence-electron chi connectivity index (χ4n) is 2.74.